The minimum absolute atomic E-state index is 0.383. The zero-order valence-corrected chi connectivity index (χ0v) is 23.9. The molecule has 0 aliphatic rings. The van der Waals surface area contributed by atoms with Gasteiger partial charge in [-0.2, -0.15) is 0 Å². The van der Waals surface area contributed by atoms with Gasteiger partial charge in [0.25, 0.3) is 0 Å². The molecule has 0 saturated heterocycles. The average molecular weight is 529 g/mol. The summed E-state index contributed by atoms with van der Waals surface area (Å²) in [6, 6.07) is 22.7. The fourth-order valence-corrected chi connectivity index (χ4v) is 3.97. The third kappa shape index (κ3) is 11.0. The molecule has 0 bridgehead atoms. The molecular formula is C35H44O4. The fraction of sp³-hybridized carbons (Fsp3) is 0.400. The van der Waals surface area contributed by atoms with Gasteiger partial charge in [0.15, 0.2) is 0 Å². The van der Waals surface area contributed by atoms with E-state index < -0.39 is 0 Å². The fourth-order valence-electron chi connectivity index (χ4n) is 3.97. The lowest BCUT2D eigenvalue weighted by molar-refractivity contribution is 0.0734. The second kappa shape index (κ2) is 17.1. The summed E-state index contributed by atoms with van der Waals surface area (Å²) in [5.74, 6) is 2.31. The van der Waals surface area contributed by atoms with E-state index in [4.69, 9.17) is 14.2 Å². The van der Waals surface area contributed by atoms with Crippen LogP contribution in [0.25, 0.3) is 11.1 Å². The zero-order valence-electron chi connectivity index (χ0n) is 23.9. The van der Waals surface area contributed by atoms with Crippen LogP contribution in [0.15, 0.2) is 84.9 Å². The van der Waals surface area contributed by atoms with E-state index in [0.717, 1.165) is 54.9 Å². The minimum atomic E-state index is -0.383. The maximum atomic E-state index is 12.6. The molecule has 0 aromatic heterocycles. The van der Waals surface area contributed by atoms with Gasteiger partial charge in [-0.25, -0.2) is 4.79 Å². The van der Waals surface area contributed by atoms with Crippen molar-refractivity contribution in [3.63, 3.8) is 0 Å². The molecule has 208 valence electrons. The van der Waals surface area contributed by atoms with Crippen LogP contribution >= 0.6 is 0 Å². The largest absolute Gasteiger partial charge is 0.494 e. The van der Waals surface area contributed by atoms with E-state index in [1.807, 2.05) is 48.5 Å². The Morgan fingerprint density at radius 2 is 1.23 bits per heavy atom. The van der Waals surface area contributed by atoms with Crippen molar-refractivity contribution in [1.82, 2.24) is 0 Å². The summed E-state index contributed by atoms with van der Waals surface area (Å²) in [5, 5.41) is 0. The lowest BCUT2D eigenvalue weighted by atomic mass is 10.0. The van der Waals surface area contributed by atoms with Crippen molar-refractivity contribution in [2.75, 3.05) is 13.2 Å². The molecule has 4 nitrogen and oxygen atoms in total. The number of rotatable bonds is 17. The first-order chi connectivity index (χ1) is 19.1. The van der Waals surface area contributed by atoms with Crippen molar-refractivity contribution in [2.45, 2.75) is 72.1 Å². The summed E-state index contributed by atoms with van der Waals surface area (Å²) in [4.78, 5) is 12.6. The number of hydrogen-bond acceptors (Lipinski definition) is 4. The highest BCUT2D eigenvalue weighted by atomic mass is 16.5. The van der Waals surface area contributed by atoms with Crippen LogP contribution in [0, 0.1) is 5.92 Å². The van der Waals surface area contributed by atoms with E-state index in [1.54, 1.807) is 24.3 Å². The van der Waals surface area contributed by atoms with E-state index in [0.29, 0.717) is 23.8 Å². The molecule has 0 spiro atoms. The smallest absolute Gasteiger partial charge is 0.343 e. The van der Waals surface area contributed by atoms with Crippen molar-refractivity contribution in [2.24, 2.45) is 5.92 Å². The van der Waals surface area contributed by atoms with Crippen LogP contribution in [-0.4, -0.2) is 19.2 Å². The van der Waals surface area contributed by atoms with Gasteiger partial charge < -0.3 is 14.2 Å². The summed E-state index contributed by atoms with van der Waals surface area (Å²) >= 11 is 0. The third-order valence-electron chi connectivity index (χ3n) is 6.75. The predicted octanol–water partition coefficient (Wildman–Crippen LogP) is 9.68. The highest BCUT2D eigenvalue weighted by molar-refractivity contribution is 5.91. The van der Waals surface area contributed by atoms with Gasteiger partial charge in [0.1, 0.15) is 17.2 Å². The minimum Gasteiger partial charge on any atom is -0.494 e. The van der Waals surface area contributed by atoms with Crippen LogP contribution in [0.3, 0.4) is 0 Å². The quantitative estimate of drug-likeness (QED) is 0.0757. The van der Waals surface area contributed by atoms with Crippen LogP contribution in [0.2, 0.25) is 0 Å². The number of carbonyl (C=O) groups is 1. The summed E-state index contributed by atoms with van der Waals surface area (Å²) in [6.07, 6.45) is 14.0. The van der Waals surface area contributed by atoms with Gasteiger partial charge in [0.2, 0.25) is 0 Å². The number of carbonyl (C=O) groups excluding carboxylic acids is 1. The Labute approximate surface area is 235 Å². The Morgan fingerprint density at radius 1 is 0.692 bits per heavy atom. The second-order valence-electron chi connectivity index (χ2n) is 10.1. The normalized spacial score (nSPS) is 11.9. The first-order valence-electron chi connectivity index (χ1n) is 14.5. The Morgan fingerprint density at radius 3 is 1.85 bits per heavy atom. The lowest BCUT2D eigenvalue weighted by Crippen LogP contribution is -2.08. The number of hydrogen-bond donors (Lipinski definition) is 0. The predicted molar refractivity (Wildman–Crippen MR) is 161 cm³/mol. The van der Waals surface area contributed by atoms with Crippen molar-refractivity contribution < 1.29 is 19.0 Å². The molecule has 0 N–H and O–H groups in total. The molecule has 0 amide bonds. The molecule has 0 radical (unpaired) electrons. The standard InChI is InChI=1S/C35H44O4/c1-4-6-7-8-9-10-11-12-13-26-37-32-22-24-34(25-23-32)39-35(36)31-16-14-29(15-17-31)30-18-20-33(21-19-30)38-27-28(3)5-2/h9-10,14-25,28H,4-8,11-13,26-27H2,1-3H3/b10-9-/t28-/m0/s1. The second-order valence-corrected chi connectivity index (χ2v) is 10.1. The van der Waals surface area contributed by atoms with Crippen molar-refractivity contribution in [1.29, 1.82) is 0 Å². The molecule has 0 heterocycles. The number of ether oxygens (including phenoxy) is 3. The summed E-state index contributed by atoms with van der Waals surface area (Å²) in [7, 11) is 0. The highest BCUT2D eigenvalue weighted by Gasteiger charge is 2.10. The Balaban J connectivity index is 1.39. The van der Waals surface area contributed by atoms with Gasteiger partial charge >= 0.3 is 5.97 Å². The third-order valence-corrected chi connectivity index (χ3v) is 6.75. The van der Waals surface area contributed by atoms with E-state index in [1.165, 1.54) is 25.7 Å². The molecular weight excluding hydrogens is 484 g/mol. The first kappa shape index (κ1) is 30.0. The molecule has 0 saturated carbocycles. The van der Waals surface area contributed by atoms with E-state index in [9.17, 15) is 4.79 Å². The molecule has 0 aliphatic carbocycles. The molecule has 0 unspecified atom stereocenters. The SMILES string of the molecule is CCCCC/C=C\CCCCOc1ccc(OC(=O)c2ccc(-c3ccc(OC[C@@H](C)CC)cc3)cc2)cc1. The van der Waals surface area contributed by atoms with Gasteiger partial charge in [-0.05, 0) is 97.7 Å². The molecule has 3 aromatic rings. The van der Waals surface area contributed by atoms with Crippen LogP contribution < -0.4 is 14.2 Å². The monoisotopic (exact) mass is 528 g/mol. The van der Waals surface area contributed by atoms with Crippen LogP contribution in [0.5, 0.6) is 17.2 Å². The summed E-state index contributed by atoms with van der Waals surface area (Å²) in [6.45, 7) is 7.99. The highest BCUT2D eigenvalue weighted by Crippen LogP contribution is 2.24. The number of unbranched alkanes of at least 4 members (excludes halogenated alkanes) is 5. The maximum Gasteiger partial charge on any atom is 0.343 e. The molecule has 3 aromatic carbocycles. The van der Waals surface area contributed by atoms with Crippen molar-refractivity contribution in [3.8, 4) is 28.4 Å². The maximum absolute atomic E-state index is 12.6. The van der Waals surface area contributed by atoms with Gasteiger partial charge in [-0.3, -0.25) is 0 Å². The number of esters is 1. The molecule has 4 heteroatoms. The van der Waals surface area contributed by atoms with Gasteiger partial charge in [0.05, 0.1) is 18.8 Å². The van der Waals surface area contributed by atoms with Crippen LogP contribution in [0.4, 0.5) is 0 Å². The van der Waals surface area contributed by atoms with E-state index in [2.05, 4.69) is 32.9 Å². The Hall–Kier alpha value is -3.53. The number of allylic oxidation sites excluding steroid dienone is 2. The lowest BCUT2D eigenvalue weighted by Gasteiger charge is -2.11. The van der Waals surface area contributed by atoms with Gasteiger partial charge in [0, 0.05) is 0 Å². The molecule has 1 atom stereocenters. The molecule has 3 rings (SSSR count). The van der Waals surface area contributed by atoms with E-state index >= 15 is 0 Å². The van der Waals surface area contributed by atoms with Crippen molar-refractivity contribution >= 4 is 5.97 Å². The molecule has 39 heavy (non-hydrogen) atoms. The first-order valence-corrected chi connectivity index (χ1v) is 14.5. The number of benzene rings is 3. The van der Waals surface area contributed by atoms with Crippen LogP contribution in [-0.2, 0) is 0 Å². The average Bonchev–Trinajstić information content (AvgIpc) is 2.98. The Bertz CT molecular complexity index is 1110. The van der Waals surface area contributed by atoms with Gasteiger partial charge in [-0.1, -0.05) is 76.5 Å². The summed E-state index contributed by atoms with van der Waals surface area (Å²) in [5.41, 5.74) is 2.61. The van der Waals surface area contributed by atoms with Gasteiger partial charge in [-0.15, -0.1) is 0 Å². The van der Waals surface area contributed by atoms with Crippen LogP contribution in [0.1, 0.15) is 82.5 Å². The van der Waals surface area contributed by atoms with Crippen molar-refractivity contribution in [3.05, 3.63) is 90.5 Å². The molecule has 0 fully saturated rings. The van der Waals surface area contributed by atoms with E-state index in [-0.39, 0.29) is 5.97 Å². The molecule has 0 aliphatic heterocycles. The topological polar surface area (TPSA) is 44.8 Å². The summed E-state index contributed by atoms with van der Waals surface area (Å²) < 4.78 is 17.2. The Kier molecular flexibility index (Phi) is 13.2. The zero-order chi connectivity index (χ0) is 27.7.